The quantitative estimate of drug-likeness (QED) is 0.668. The van der Waals surface area contributed by atoms with Crippen molar-refractivity contribution < 1.29 is 14.3 Å². The molecule has 4 heteroatoms. The van der Waals surface area contributed by atoms with Crippen LogP contribution in [-0.4, -0.2) is 18.5 Å². The fourth-order valence-electron chi connectivity index (χ4n) is 2.80. The molecule has 0 bridgehead atoms. The molecule has 1 N–H and O–H groups in total. The first-order valence-electron chi connectivity index (χ1n) is 8.73. The zero-order valence-corrected chi connectivity index (χ0v) is 15.4. The first-order valence-corrected chi connectivity index (χ1v) is 8.73. The highest BCUT2D eigenvalue weighted by molar-refractivity contribution is 5.99. The van der Waals surface area contributed by atoms with Gasteiger partial charge >= 0.3 is 5.97 Å². The van der Waals surface area contributed by atoms with E-state index < -0.39 is 5.97 Å². The molecule has 1 amide bonds. The highest BCUT2D eigenvalue weighted by atomic mass is 16.5. The number of rotatable bonds is 5. The van der Waals surface area contributed by atoms with Gasteiger partial charge in [0.2, 0.25) is 0 Å². The molecule has 0 spiro atoms. The normalized spacial score (nSPS) is 10.3. The molecule has 0 aliphatic heterocycles. The lowest BCUT2D eigenvalue weighted by Gasteiger charge is -2.11. The SMILES string of the molecule is Cc1ccc(C)c(NC(=O)COC(=O)c2ccccc2-c2ccccc2)c1. The van der Waals surface area contributed by atoms with E-state index in [0.29, 0.717) is 5.56 Å². The topological polar surface area (TPSA) is 55.4 Å². The predicted molar refractivity (Wildman–Crippen MR) is 107 cm³/mol. The molecule has 27 heavy (non-hydrogen) atoms. The Labute approximate surface area is 158 Å². The van der Waals surface area contributed by atoms with Crippen molar-refractivity contribution in [1.29, 1.82) is 0 Å². The van der Waals surface area contributed by atoms with Gasteiger partial charge in [0.25, 0.3) is 5.91 Å². The molecule has 0 atom stereocenters. The van der Waals surface area contributed by atoms with Crippen molar-refractivity contribution in [3.05, 3.63) is 89.5 Å². The Balaban J connectivity index is 1.68. The summed E-state index contributed by atoms with van der Waals surface area (Å²) in [6, 6.07) is 22.6. The van der Waals surface area contributed by atoms with Gasteiger partial charge in [0.15, 0.2) is 6.61 Å². The highest BCUT2D eigenvalue weighted by Gasteiger charge is 2.15. The van der Waals surface area contributed by atoms with E-state index in [0.717, 1.165) is 27.9 Å². The lowest BCUT2D eigenvalue weighted by atomic mass is 10.00. The molecule has 136 valence electrons. The van der Waals surface area contributed by atoms with E-state index in [1.165, 1.54) is 0 Å². The minimum Gasteiger partial charge on any atom is -0.452 e. The third-order valence-corrected chi connectivity index (χ3v) is 4.23. The zero-order valence-electron chi connectivity index (χ0n) is 15.4. The van der Waals surface area contributed by atoms with Gasteiger partial charge in [-0.2, -0.15) is 0 Å². The minimum absolute atomic E-state index is 0.338. The molecule has 3 rings (SSSR count). The zero-order chi connectivity index (χ0) is 19.2. The predicted octanol–water partition coefficient (Wildman–Crippen LogP) is 4.77. The van der Waals surface area contributed by atoms with Crippen molar-refractivity contribution in [3.8, 4) is 11.1 Å². The monoisotopic (exact) mass is 359 g/mol. The lowest BCUT2D eigenvalue weighted by Crippen LogP contribution is -2.21. The van der Waals surface area contributed by atoms with Crippen LogP contribution < -0.4 is 5.32 Å². The van der Waals surface area contributed by atoms with Crippen molar-refractivity contribution in [2.75, 3.05) is 11.9 Å². The van der Waals surface area contributed by atoms with Gasteiger partial charge in [-0.15, -0.1) is 0 Å². The number of ether oxygens (including phenoxy) is 1. The molecule has 0 aromatic heterocycles. The number of anilines is 1. The number of amides is 1. The summed E-state index contributed by atoms with van der Waals surface area (Å²) in [5.41, 5.74) is 4.85. The van der Waals surface area contributed by atoms with Crippen molar-refractivity contribution in [2.45, 2.75) is 13.8 Å². The maximum atomic E-state index is 12.5. The first kappa shape index (κ1) is 18.4. The van der Waals surface area contributed by atoms with Crippen molar-refractivity contribution in [3.63, 3.8) is 0 Å². The molecule has 3 aromatic carbocycles. The number of hydrogen-bond donors (Lipinski definition) is 1. The summed E-state index contributed by atoms with van der Waals surface area (Å²) in [6.45, 7) is 3.53. The van der Waals surface area contributed by atoms with E-state index in [1.807, 2.05) is 74.5 Å². The van der Waals surface area contributed by atoms with Gasteiger partial charge in [-0.05, 0) is 48.2 Å². The van der Waals surface area contributed by atoms with Gasteiger partial charge in [0.1, 0.15) is 0 Å². The van der Waals surface area contributed by atoms with Gasteiger partial charge in [0.05, 0.1) is 5.56 Å². The first-order chi connectivity index (χ1) is 13.0. The summed E-state index contributed by atoms with van der Waals surface area (Å²) < 4.78 is 5.24. The molecule has 0 unspecified atom stereocenters. The van der Waals surface area contributed by atoms with Crippen LogP contribution in [0.1, 0.15) is 21.5 Å². The molecule has 0 radical (unpaired) electrons. The fourth-order valence-corrected chi connectivity index (χ4v) is 2.80. The number of esters is 1. The van der Waals surface area contributed by atoms with Crippen LogP contribution in [0.2, 0.25) is 0 Å². The van der Waals surface area contributed by atoms with Gasteiger partial charge in [0, 0.05) is 5.69 Å². The van der Waals surface area contributed by atoms with Crippen LogP contribution in [-0.2, 0) is 9.53 Å². The van der Waals surface area contributed by atoms with E-state index >= 15 is 0 Å². The molecule has 3 aromatic rings. The number of carbonyl (C=O) groups excluding carboxylic acids is 2. The summed E-state index contributed by atoms with van der Waals surface area (Å²) in [5.74, 6) is -0.889. The second-order valence-corrected chi connectivity index (χ2v) is 6.35. The Morgan fingerprint density at radius 1 is 0.889 bits per heavy atom. The Bertz CT molecular complexity index is 964. The Hall–Kier alpha value is -3.40. The van der Waals surface area contributed by atoms with Gasteiger partial charge in [-0.1, -0.05) is 60.7 Å². The number of benzene rings is 3. The van der Waals surface area contributed by atoms with Crippen LogP contribution in [0.5, 0.6) is 0 Å². The van der Waals surface area contributed by atoms with Gasteiger partial charge in [-0.3, -0.25) is 4.79 Å². The largest absolute Gasteiger partial charge is 0.452 e. The van der Waals surface area contributed by atoms with Crippen molar-refractivity contribution in [1.82, 2.24) is 0 Å². The minimum atomic E-state index is -0.523. The summed E-state index contributed by atoms with van der Waals surface area (Å²) in [7, 11) is 0. The third kappa shape index (κ3) is 4.61. The maximum absolute atomic E-state index is 12.5. The summed E-state index contributed by atoms with van der Waals surface area (Å²) >= 11 is 0. The lowest BCUT2D eigenvalue weighted by molar-refractivity contribution is -0.119. The summed E-state index contributed by atoms with van der Waals surface area (Å²) in [4.78, 5) is 24.7. The van der Waals surface area contributed by atoms with Crippen LogP contribution in [0, 0.1) is 13.8 Å². The Morgan fingerprint density at radius 2 is 1.59 bits per heavy atom. The Morgan fingerprint density at radius 3 is 2.37 bits per heavy atom. The summed E-state index contributed by atoms with van der Waals surface area (Å²) in [5, 5.41) is 2.79. The molecule has 0 aliphatic carbocycles. The van der Waals surface area contributed by atoms with Crippen LogP contribution in [0.25, 0.3) is 11.1 Å². The van der Waals surface area contributed by atoms with Crippen LogP contribution in [0.4, 0.5) is 5.69 Å². The van der Waals surface area contributed by atoms with E-state index in [-0.39, 0.29) is 12.5 Å². The van der Waals surface area contributed by atoms with Crippen molar-refractivity contribution in [2.24, 2.45) is 0 Å². The standard InChI is InChI=1S/C23H21NO3/c1-16-12-13-17(2)21(14-16)24-22(25)15-27-23(26)20-11-7-6-10-19(20)18-8-4-3-5-9-18/h3-14H,15H2,1-2H3,(H,24,25). The van der Waals surface area contributed by atoms with Gasteiger partial charge in [-0.25, -0.2) is 4.79 Å². The number of aryl methyl sites for hydroxylation is 2. The van der Waals surface area contributed by atoms with Crippen molar-refractivity contribution >= 4 is 17.6 Å². The summed E-state index contributed by atoms with van der Waals surface area (Å²) in [6.07, 6.45) is 0. The van der Waals surface area contributed by atoms with E-state index in [4.69, 9.17) is 4.74 Å². The van der Waals surface area contributed by atoms with Gasteiger partial charge < -0.3 is 10.1 Å². The molecular weight excluding hydrogens is 338 g/mol. The number of carbonyl (C=O) groups is 2. The number of hydrogen-bond acceptors (Lipinski definition) is 3. The maximum Gasteiger partial charge on any atom is 0.339 e. The average Bonchev–Trinajstić information content (AvgIpc) is 2.69. The van der Waals surface area contributed by atoms with Crippen LogP contribution >= 0.6 is 0 Å². The van der Waals surface area contributed by atoms with Crippen LogP contribution in [0.15, 0.2) is 72.8 Å². The van der Waals surface area contributed by atoms with E-state index in [9.17, 15) is 9.59 Å². The molecule has 0 fully saturated rings. The average molecular weight is 359 g/mol. The van der Waals surface area contributed by atoms with Crippen LogP contribution in [0.3, 0.4) is 0 Å². The second-order valence-electron chi connectivity index (χ2n) is 6.35. The number of nitrogens with one attached hydrogen (secondary N) is 1. The van der Waals surface area contributed by atoms with E-state index in [1.54, 1.807) is 12.1 Å². The third-order valence-electron chi connectivity index (χ3n) is 4.23. The second kappa shape index (κ2) is 8.32. The Kier molecular flexibility index (Phi) is 5.67. The molecule has 0 aliphatic rings. The molecule has 0 saturated carbocycles. The fraction of sp³-hybridized carbons (Fsp3) is 0.130. The highest BCUT2D eigenvalue weighted by Crippen LogP contribution is 2.24. The molecule has 0 saturated heterocycles. The smallest absolute Gasteiger partial charge is 0.339 e. The van der Waals surface area contributed by atoms with E-state index in [2.05, 4.69) is 5.32 Å². The molecule has 4 nitrogen and oxygen atoms in total. The molecular formula is C23H21NO3. The molecule has 0 heterocycles.